The molecule has 0 aliphatic heterocycles. The third-order valence-corrected chi connectivity index (χ3v) is 13.0. The summed E-state index contributed by atoms with van der Waals surface area (Å²) in [5.41, 5.74) is 17.3. The van der Waals surface area contributed by atoms with Gasteiger partial charge in [0.05, 0.1) is 34.3 Å². The highest BCUT2D eigenvalue weighted by molar-refractivity contribution is 6.10. The van der Waals surface area contributed by atoms with Gasteiger partial charge in [-0.2, -0.15) is 10.5 Å². The lowest BCUT2D eigenvalue weighted by molar-refractivity contribution is 0.883. The summed E-state index contributed by atoms with van der Waals surface area (Å²) in [7, 11) is 0. The molecular weight excluding hydrogens is 841 g/mol. The first-order chi connectivity index (χ1) is 34.0. The van der Waals surface area contributed by atoms with Gasteiger partial charge in [0.15, 0.2) is 0 Å². The van der Waals surface area contributed by atoms with E-state index < -0.39 is 0 Å². The van der Waals surface area contributed by atoms with E-state index in [0.29, 0.717) is 11.1 Å². The molecule has 1 atom stereocenters. The molecule has 0 radical (unpaired) electrons. The van der Waals surface area contributed by atoms with E-state index in [4.69, 9.17) is 0 Å². The van der Waals surface area contributed by atoms with Gasteiger partial charge in [0.2, 0.25) is 0 Å². The van der Waals surface area contributed by atoms with Crippen LogP contribution >= 0.6 is 0 Å². The van der Waals surface area contributed by atoms with E-state index in [0.717, 1.165) is 85.0 Å². The molecule has 1 heterocycles. The van der Waals surface area contributed by atoms with Crippen LogP contribution in [0.4, 0.5) is 39.8 Å². The van der Waals surface area contributed by atoms with Crippen molar-refractivity contribution in [1.29, 1.82) is 10.5 Å². The highest BCUT2D eigenvalue weighted by Gasteiger charge is 2.20. The van der Waals surface area contributed by atoms with Crippen LogP contribution in [0.2, 0.25) is 0 Å². The van der Waals surface area contributed by atoms with Crippen LogP contribution < -0.4 is 15.1 Å². The first-order valence-electron chi connectivity index (χ1n) is 23.2. The van der Waals surface area contributed by atoms with Gasteiger partial charge < -0.3 is 19.7 Å². The third kappa shape index (κ3) is 8.29. The maximum Gasteiger partial charge on any atom is 0.0991 e. The molecule has 6 nitrogen and oxygen atoms in total. The van der Waals surface area contributed by atoms with Crippen LogP contribution in [0.3, 0.4) is 0 Å². The summed E-state index contributed by atoms with van der Waals surface area (Å²) in [5.74, 6) is 0. The molecule has 69 heavy (non-hydrogen) atoms. The average Bonchev–Trinajstić information content (AvgIpc) is 3.74. The molecule has 0 bridgehead atoms. The lowest BCUT2D eigenvalue weighted by Crippen LogP contribution is -2.18. The summed E-state index contributed by atoms with van der Waals surface area (Å²) in [6, 6.07) is 78.7. The number of nitrogens with one attached hydrogen (secondary N) is 1. The van der Waals surface area contributed by atoms with Crippen LogP contribution in [-0.4, -0.2) is 10.6 Å². The molecule has 1 aliphatic carbocycles. The lowest BCUT2D eigenvalue weighted by Gasteiger charge is -2.28. The predicted octanol–water partition coefficient (Wildman–Crippen LogP) is 16.4. The van der Waals surface area contributed by atoms with Crippen molar-refractivity contribution in [2.45, 2.75) is 19.4 Å². The second-order valence-corrected chi connectivity index (χ2v) is 17.3. The van der Waals surface area contributed by atoms with Crippen molar-refractivity contribution >= 4 is 61.6 Å². The molecule has 6 heteroatoms. The van der Waals surface area contributed by atoms with Crippen LogP contribution in [0.1, 0.15) is 23.1 Å². The van der Waals surface area contributed by atoms with E-state index in [9.17, 15) is 10.5 Å². The van der Waals surface area contributed by atoms with Gasteiger partial charge in [-0.05, 0) is 163 Å². The SMILES string of the molecule is Cc1ccccc1-c1cc(N(c2ccc(C#N)cc2)c2ccc(-c3ccc(N(c4ccc(C#N)cc4)c4ccc5c(c4)c4ccccc4n5-c4ccccc4)cc3)cc2)ccc1NC1C=CC=CC1. The van der Waals surface area contributed by atoms with Crippen LogP contribution in [-0.2, 0) is 0 Å². The van der Waals surface area contributed by atoms with E-state index in [2.05, 4.69) is 221 Å². The number of benzene rings is 9. The quantitative estimate of drug-likeness (QED) is 0.140. The van der Waals surface area contributed by atoms with E-state index in [1.54, 1.807) is 0 Å². The summed E-state index contributed by atoms with van der Waals surface area (Å²) >= 11 is 0. The van der Waals surface area contributed by atoms with Gasteiger partial charge in [-0.15, -0.1) is 0 Å². The van der Waals surface area contributed by atoms with Crippen molar-refractivity contribution in [3.63, 3.8) is 0 Å². The van der Waals surface area contributed by atoms with Crippen molar-refractivity contribution in [1.82, 2.24) is 4.57 Å². The number of nitriles is 2. The van der Waals surface area contributed by atoms with Crippen LogP contribution in [0.15, 0.2) is 237 Å². The van der Waals surface area contributed by atoms with Gasteiger partial charge in [0.25, 0.3) is 0 Å². The first-order valence-corrected chi connectivity index (χ1v) is 23.2. The number of hydrogen-bond acceptors (Lipinski definition) is 5. The molecule has 0 saturated carbocycles. The smallest absolute Gasteiger partial charge is 0.0991 e. The Labute approximate surface area is 402 Å². The summed E-state index contributed by atoms with van der Waals surface area (Å²) in [6.07, 6.45) is 9.54. The fourth-order valence-corrected chi connectivity index (χ4v) is 9.61. The van der Waals surface area contributed by atoms with Crippen LogP contribution in [0.25, 0.3) is 49.7 Å². The third-order valence-electron chi connectivity index (χ3n) is 13.0. The predicted molar refractivity (Wildman–Crippen MR) is 285 cm³/mol. The number of allylic oxidation sites excluding steroid dienone is 2. The maximum absolute atomic E-state index is 9.69. The van der Waals surface area contributed by atoms with Gasteiger partial charge >= 0.3 is 0 Å². The number of para-hydroxylation sites is 2. The van der Waals surface area contributed by atoms with Gasteiger partial charge in [-0.1, -0.05) is 109 Å². The Morgan fingerprint density at radius 1 is 0.478 bits per heavy atom. The molecule has 9 aromatic carbocycles. The van der Waals surface area contributed by atoms with Gasteiger partial charge in [0.1, 0.15) is 0 Å². The fourth-order valence-electron chi connectivity index (χ4n) is 9.61. The summed E-state index contributed by atoms with van der Waals surface area (Å²) in [6.45, 7) is 2.16. The number of aryl methyl sites for hydroxylation is 1. The molecule has 1 unspecified atom stereocenters. The Kier molecular flexibility index (Phi) is 11.3. The topological polar surface area (TPSA) is 71.0 Å². The molecule has 11 rings (SSSR count). The Balaban J connectivity index is 0.955. The Hall–Kier alpha value is -9.36. The zero-order valence-corrected chi connectivity index (χ0v) is 38.0. The Bertz CT molecular complexity index is 3630. The molecular formula is C63H46N6. The van der Waals surface area contributed by atoms with E-state index in [1.807, 2.05) is 54.6 Å². The van der Waals surface area contributed by atoms with Gasteiger partial charge in [-0.3, -0.25) is 0 Å². The molecule has 1 aromatic heterocycles. The second-order valence-electron chi connectivity index (χ2n) is 17.3. The molecule has 0 spiro atoms. The number of rotatable bonds is 11. The summed E-state index contributed by atoms with van der Waals surface area (Å²) < 4.78 is 2.33. The van der Waals surface area contributed by atoms with E-state index >= 15 is 0 Å². The highest BCUT2D eigenvalue weighted by atomic mass is 15.1. The maximum atomic E-state index is 9.69. The highest BCUT2D eigenvalue weighted by Crippen LogP contribution is 2.43. The summed E-state index contributed by atoms with van der Waals surface area (Å²) in [4.78, 5) is 4.51. The zero-order valence-electron chi connectivity index (χ0n) is 38.0. The summed E-state index contributed by atoms with van der Waals surface area (Å²) in [5, 5.41) is 25.5. The van der Waals surface area contributed by atoms with Gasteiger partial charge in [0, 0.05) is 67.9 Å². The fraction of sp³-hybridized carbons (Fsp3) is 0.0476. The lowest BCUT2D eigenvalue weighted by atomic mass is 9.97. The number of anilines is 7. The molecule has 1 N–H and O–H groups in total. The minimum Gasteiger partial charge on any atom is -0.378 e. The van der Waals surface area contributed by atoms with Crippen molar-refractivity contribution in [3.05, 3.63) is 253 Å². The van der Waals surface area contributed by atoms with Crippen molar-refractivity contribution < 1.29 is 0 Å². The van der Waals surface area contributed by atoms with Crippen molar-refractivity contribution in [2.24, 2.45) is 0 Å². The van der Waals surface area contributed by atoms with Gasteiger partial charge in [-0.25, -0.2) is 0 Å². The molecule has 0 fully saturated rings. The van der Waals surface area contributed by atoms with E-state index in [-0.39, 0.29) is 6.04 Å². The number of hydrogen-bond donors (Lipinski definition) is 1. The number of fused-ring (bicyclic) bond motifs is 3. The molecule has 0 saturated heterocycles. The minimum atomic E-state index is 0.197. The number of nitrogens with zero attached hydrogens (tertiary/aromatic N) is 5. The largest absolute Gasteiger partial charge is 0.378 e. The molecule has 0 amide bonds. The molecule has 328 valence electrons. The first kappa shape index (κ1) is 42.3. The van der Waals surface area contributed by atoms with Crippen LogP contribution in [0.5, 0.6) is 0 Å². The average molecular weight is 887 g/mol. The van der Waals surface area contributed by atoms with Crippen molar-refractivity contribution in [2.75, 3.05) is 15.1 Å². The second kappa shape index (κ2) is 18.5. The van der Waals surface area contributed by atoms with Crippen LogP contribution in [0, 0.1) is 29.6 Å². The monoisotopic (exact) mass is 886 g/mol. The van der Waals surface area contributed by atoms with Crippen molar-refractivity contribution in [3.8, 4) is 40.1 Å². The number of aromatic nitrogens is 1. The molecule has 10 aromatic rings. The zero-order chi connectivity index (χ0) is 46.7. The Morgan fingerprint density at radius 3 is 1.59 bits per heavy atom. The standard InChI is InChI=1S/C63H46N6/c1-44-12-8-9-17-57(44)59-40-55(36-38-61(59)66-49-13-4-2-5-14-49)67(51-28-20-45(42-64)21-29-51)53-32-24-47(25-33-53)48-26-34-54(35-27-48)68(52-30-22-46(43-65)23-31-52)56-37-39-63-60(41-56)58-18-10-11-19-62(58)69(63)50-15-6-3-7-16-50/h2-13,15-41,49,66H,14H2,1H3. The normalized spacial score (nSPS) is 12.9. The molecule has 1 aliphatic rings. The minimum absolute atomic E-state index is 0.197. The Morgan fingerprint density at radius 2 is 1.00 bits per heavy atom. The van der Waals surface area contributed by atoms with E-state index in [1.165, 1.54) is 16.5 Å².